The van der Waals surface area contributed by atoms with Gasteiger partial charge in [-0.25, -0.2) is 0 Å². The van der Waals surface area contributed by atoms with Crippen LogP contribution >= 0.6 is 0 Å². The Morgan fingerprint density at radius 2 is 1.47 bits per heavy atom. The molecule has 1 fully saturated rings. The van der Waals surface area contributed by atoms with Gasteiger partial charge in [0.2, 0.25) is 5.91 Å². The van der Waals surface area contributed by atoms with Crippen molar-refractivity contribution in [2.24, 2.45) is 0 Å². The normalized spacial score (nSPS) is 15.0. The second-order valence-electron chi connectivity index (χ2n) is 10.4. The molecule has 0 bridgehead atoms. The van der Waals surface area contributed by atoms with Crippen LogP contribution in [0.2, 0.25) is 0 Å². The summed E-state index contributed by atoms with van der Waals surface area (Å²) in [6.07, 6.45) is 1.68. The molecule has 1 aliphatic rings. The highest BCUT2D eigenvalue weighted by molar-refractivity contribution is 5.82. The molecule has 0 aliphatic carbocycles. The lowest BCUT2D eigenvalue weighted by atomic mass is 10.0. The highest BCUT2D eigenvalue weighted by atomic mass is 16.5. The minimum absolute atomic E-state index is 0.189. The smallest absolute Gasteiger partial charge is 0.240 e. The zero-order valence-corrected chi connectivity index (χ0v) is 22.9. The third kappa shape index (κ3) is 8.98. The fourth-order valence-corrected chi connectivity index (χ4v) is 4.80. The van der Waals surface area contributed by atoms with Gasteiger partial charge in [-0.15, -0.1) is 0 Å². The zero-order valence-electron chi connectivity index (χ0n) is 22.9. The summed E-state index contributed by atoms with van der Waals surface area (Å²) in [5, 5.41) is 3.57. The summed E-state index contributed by atoms with van der Waals surface area (Å²) in [5.41, 5.74) is 3.63. The van der Waals surface area contributed by atoms with E-state index in [0.29, 0.717) is 19.6 Å². The average molecular weight is 515 g/mol. The molecule has 202 valence electrons. The molecule has 4 rings (SSSR count). The van der Waals surface area contributed by atoms with Crippen molar-refractivity contribution in [1.82, 2.24) is 20.0 Å². The molecular weight excluding hydrogens is 472 g/mol. The number of amides is 1. The maximum absolute atomic E-state index is 13.7. The molecule has 1 saturated heterocycles. The number of ether oxygens (including phenoxy) is 1. The number of carbonyl (C=O) groups excluding carboxylic acids is 1. The van der Waals surface area contributed by atoms with E-state index in [1.165, 1.54) is 11.1 Å². The zero-order chi connectivity index (χ0) is 26.6. The fourth-order valence-electron chi connectivity index (χ4n) is 4.80. The molecule has 6 heteroatoms. The lowest BCUT2D eigenvalue weighted by molar-refractivity contribution is -0.135. The Labute approximate surface area is 228 Å². The van der Waals surface area contributed by atoms with Crippen molar-refractivity contribution in [3.8, 4) is 5.75 Å². The molecule has 1 N–H and O–H groups in total. The molecule has 6 nitrogen and oxygen atoms in total. The molecule has 0 radical (unpaired) electrons. The van der Waals surface area contributed by atoms with Crippen LogP contribution in [0.3, 0.4) is 0 Å². The largest absolute Gasteiger partial charge is 0.494 e. The van der Waals surface area contributed by atoms with Crippen LogP contribution in [-0.4, -0.2) is 80.1 Å². The summed E-state index contributed by atoms with van der Waals surface area (Å²) in [7, 11) is 4.15. The Balaban J connectivity index is 1.31. The minimum Gasteiger partial charge on any atom is -0.494 e. The van der Waals surface area contributed by atoms with Gasteiger partial charge in [-0.3, -0.25) is 9.69 Å². The first-order valence-electron chi connectivity index (χ1n) is 13.8. The molecule has 1 aliphatic heterocycles. The lowest BCUT2D eigenvalue weighted by Crippen LogP contribution is -2.54. The summed E-state index contributed by atoms with van der Waals surface area (Å²) >= 11 is 0. The maximum Gasteiger partial charge on any atom is 0.240 e. The minimum atomic E-state index is -0.264. The third-order valence-corrected chi connectivity index (χ3v) is 7.01. The van der Waals surface area contributed by atoms with Gasteiger partial charge in [0, 0.05) is 45.8 Å². The molecule has 38 heavy (non-hydrogen) atoms. The number of benzene rings is 3. The predicted molar refractivity (Wildman–Crippen MR) is 154 cm³/mol. The third-order valence-electron chi connectivity index (χ3n) is 7.01. The second-order valence-corrected chi connectivity index (χ2v) is 10.4. The van der Waals surface area contributed by atoms with E-state index in [-0.39, 0.29) is 11.9 Å². The molecule has 0 unspecified atom stereocenters. The monoisotopic (exact) mass is 514 g/mol. The highest BCUT2D eigenvalue weighted by Crippen LogP contribution is 2.15. The molecule has 0 aromatic heterocycles. The second kappa shape index (κ2) is 14.7. The summed E-state index contributed by atoms with van der Waals surface area (Å²) in [5.74, 6) is 1.08. The Kier molecular flexibility index (Phi) is 10.7. The number of hydrogen-bond acceptors (Lipinski definition) is 5. The Morgan fingerprint density at radius 1 is 0.842 bits per heavy atom. The van der Waals surface area contributed by atoms with Crippen LogP contribution in [0.15, 0.2) is 84.9 Å². The number of carbonyl (C=O) groups is 1. The highest BCUT2D eigenvalue weighted by Gasteiger charge is 2.27. The fraction of sp³-hybridized carbons (Fsp3) is 0.406. The molecular formula is C32H42N4O2. The van der Waals surface area contributed by atoms with Gasteiger partial charge in [0.15, 0.2) is 0 Å². The van der Waals surface area contributed by atoms with Gasteiger partial charge in [-0.2, -0.15) is 0 Å². The number of piperazine rings is 1. The van der Waals surface area contributed by atoms with E-state index in [0.717, 1.165) is 57.0 Å². The first-order chi connectivity index (χ1) is 18.6. The van der Waals surface area contributed by atoms with Crippen LogP contribution in [0, 0.1) is 0 Å². The standard InChI is InChI=1S/C32H42N4O2/c1-34(2)18-9-23-38-30-16-14-28(15-17-30)25-33-31(24-27-10-5-3-6-11-27)32(37)36-21-19-35(20-22-36)26-29-12-7-4-8-13-29/h3-8,10-17,31,33H,9,18-26H2,1-2H3/t31-/m0/s1. The van der Waals surface area contributed by atoms with Gasteiger partial charge >= 0.3 is 0 Å². The van der Waals surface area contributed by atoms with Crippen LogP contribution in [0.25, 0.3) is 0 Å². The molecule has 1 atom stereocenters. The van der Waals surface area contributed by atoms with Gasteiger partial charge < -0.3 is 19.9 Å². The first kappa shape index (κ1) is 27.8. The summed E-state index contributed by atoms with van der Waals surface area (Å²) in [4.78, 5) is 20.3. The average Bonchev–Trinajstić information content (AvgIpc) is 2.95. The van der Waals surface area contributed by atoms with Crippen LogP contribution in [-0.2, 0) is 24.3 Å². The molecule has 1 heterocycles. The topological polar surface area (TPSA) is 48.1 Å². The summed E-state index contributed by atoms with van der Waals surface area (Å²) < 4.78 is 5.87. The predicted octanol–water partition coefficient (Wildman–Crippen LogP) is 4.06. The van der Waals surface area contributed by atoms with Gasteiger partial charge in [-0.1, -0.05) is 72.8 Å². The van der Waals surface area contributed by atoms with Gasteiger partial charge in [-0.05, 0) is 55.8 Å². The first-order valence-corrected chi connectivity index (χ1v) is 13.8. The van der Waals surface area contributed by atoms with Gasteiger partial charge in [0.05, 0.1) is 12.6 Å². The Bertz CT molecular complexity index is 1080. The van der Waals surface area contributed by atoms with Gasteiger partial charge in [0.25, 0.3) is 0 Å². The van der Waals surface area contributed by atoms with E-state index in [4.69, 9.17) is 4.74 Å². The van der Waals surface area contributed by atoms with E-state index in [1.807, 2.05) is 35.2 Å². The van der Waals surface area contributed by atoms with Crippen molar-refractivity contribution in [3.63, 3.8) is 0 Å². The van der Waals surface area contributed by atoms with Crippen molar-refractivity contribution >= 4 is 5.91 Å². The van der Waals surface area contributed by atoms with Crippen molar-refractivity contribution in [3.05, 3.63) is 102 Å². The number of nitrogens with zero attached hydrogens (tertiary/aromatic N) is 3. The van der Waals surface area contributed by atoms with Crippen molar-refractivity contribution in [2.75, 3.05) is 53.4 Å². The molecule has 3 aromatic rings. The van der Waals surface area contributed by atoms with E-state index in [1.54, 1.807) is 0 Å². The van der Waals surface area contributed by atoms with E-state index >= 15 is 0 Å². The lowest BCUT2D eigenvalue weighted by Gasteiger charge is -2.36. The van der Waals surface area contributed by atoms with Crippen LogP contribution in [0.1, 0.15) is 23.1 Å². The SMILES string of the molecule is CN(C)CCCOc1ccc(CN[C@@H](Cc2ccccc2)C(=O)N2CCN(Cc3ccccc3)CC2)cc1. The van der Waals surface area contributed by atoms with Crippen LogP contribution in [0.4, 0.5) is 0 Å². The maximum atomic E-state index is 13.7. The quantitative estimate of drug-likeness (QED) is 0.349. The van der Waals surface area contributed by atoms with Gasteiger partial charge in [0.1, 0.15) is 5.75 Å². The summed E-state index contributed by atoms with van der Waals surface area (Å²) in [6.45, 7) is 6.62. The van der Waals surface area contributed by atoms with E-state index < -0.39 is 0 Å². The van der Waals surface area contributed by atoms with Crippen LogP contribution in [0.5, 0.6) is 5.75 Å². The summed E-state index contributed by atoms with van der Waals surface area (Å²) in [6, 6.07) is 28.8. The molecule has 0 spiro atoms. The van der Waals surface area contributed by atoms with Crippen molar-refractivity contribution in [2.45, 2.75) is 32.0 Å². The molecule has 1 amide bonds. The number of nitrogens with one attached hydrogen (secondary N) is 1. The number of rotatable bonds is 13. The molecule has 0 saturated carbocycles. The van der Waals surface area contributed by atoms with Crippen molar-refractivity contribution in [1.29, 1.82) is 0 Å². The van der Waals surface area contributed by atoms with Crippen LogP contribution < -0.4 is 10.1 Å². The van der Waals surface area contributed by atoms with E-state index in [2.05, 4.69) is 83.8 Å². The van der Waals surface area contributed by atoms with Crippen molar-refractivity contribution < 1.29 is 9.53 Å². The Hall–Kier alpha value is -3.19. The molecule has 3 aromatic carbocycles. The van der Waals surface area contributed by atoms with E-state index in [9.17, 15) is 4.79 Å². The Morgan fingerprint density at radius 3 is 2.11 bits per heavy atom. The number of hydrogen-bond donors (Lipinski definition) is 1.